The summed E-state index contributed by atoms with van der Waals surface area (Å²) in [6.07, 6.45) is 1.86. The highest BCUT2D eigenvalue weighted by atomic mass is 32.1. The molecule has 3 N–H and O–H groups in total. The van der Waals surface area contributed by atoms with Crippen molar-refractivity contribution in [2.75, 3.05) is 54.9 Å². The molecule has 3 aromatic rings. The fourth-order valence-electron chi connectivity index (χ4n) is 5.21. The van der Waals surface area contributed by atoms with Crippen molar-refractivity contribution < 1.29 is 19.1 Å². The van der Waals surface area contributed by atoms with Gasteiger partial charge in [-0.05, 0) is 67.6 Å². The Bertz CT molecular complexity index is 1520. The van der Waals surface area contributed by atoms with Crippen molar-refractivity contribution in [1.29, 1.82) is 0 Å². The van der Waals surface area contributed by atoms with E-state index < -0.39 is 11.6 Å². The van der Waals surface area contributed by atoms with Crippen LogP contribution in [-0.4, -0.2) is 72.7 Å². The molecule has 4 heterocycles. The molecule has 10 nitrogen and oxygen atoms in total. The molecule has 0 saturated carbocycles. The standard InChI is InChI=1S/C32H40N6O4S/c1-20-7-9-22(17-23(20)21-8-10-26(34-19-21)37-13-15-42-16-14-37)35-30(41)36-27-24(18-25(43-27)31(2,3)4)28(39)38-12-11-33-29(40)32(38,5)6/h7-10,17-19H,11-16H2,1-6H3,(H,33,40)(H2,35,36,41). The zero-order valence-corrected chi connectivity index (χ0v) is 26.5. The first-order chi connectivity index (χ1) is 20.3. The zero-order chi connectivity index (χ0) is 30.9. The van der Waals surface area contributed by atoms with Crippen molar-refractivity contribution in [2.45, 2.75) is 52.5 Å². The van der Waals surface area contributed by atoms with Crippen LogP contribution in [0.1, 0.15) is 55.4 Å². The van der Waals surface area contributed by atoms with Crippen LogP contribution in [0.4, 0.5) is 21.3 Å². The van der Waals surface area contributed by atoms with Gasteiger partial charge in [-0.3, -0.25) is 14.9 Å². The Morgan fingerprint density at radius 1 is 1.05 bits per heavy atom. The van der Waals surface area contributed by atoms with Gasteiger partial charge in [0.1, 0.15) is 16.4 Å². The fraction of sp³-hybridized carbons (Fsp3) is 0.438. The minimum absolute atomic E-state index is 0.202. The molecule has 228 valence electrons. The summed E-state index contributed by atoms with van der Waals surface area (Å²) >= 11 is 1.37. The van der Waals surface area contributed by atoms with Gasteiger partial charge in [0, 0.05) is 48.5 Å². The molecule has 0 radical (unpaired) electrons. The number of hydrogen-bond acceptors (Lipinski definition) is 7. The predicted octanol–water partition coefficient (Wildman–Crippen LogP) is 5.25. The number of anilines is 3. The van der Waals surface area contributed by atoms with Gasteiger partial charge in [0.2, 0.25) is 5.91 Å². The lowest BCUT2D eigenvalue weighted by Crippen LogP contribution is -2.63. The largest absolute Gasteiger partial charge is 0.378 e. The van der Waals surface area contributed by atoms with Crippen molar-refractivity contribution in [2.24, 2.45) is 0 Å². The monoisotopic (exact) mass is 604 g/mol. The molecule has 2 aliphatic heterocycles. The molecule has 0 atom stereocenters. The van der Waals surface area contributed by atoms with E-state index in [1.54, 1.807) is 18.7 Å². The van der Waals surface area contributed by atoms with Gasteiger partial charge >= 0.3 is 6.03 Å². The van der Waals surface area contributed by atoms with Crippen LogP contribution in [0.25, 0.3) is 11.1 Å². The van der Waals surface area contributed by atoms with E-state index in [2.05, 4.69) is 46.6 Å². The number of pyridine rings is 1. The summed E-state index contributed by atoms with van der Waals surface area (Å²) in [6, 6.07) is 11.2. The second-order valence-corrected chi connectivity index (χ2v) is 13.5. The predicted molar refractivity (Wildman–Crippen MR) is 171 cm³/mol. The molecular formula is C32H40N6O4S. The van der Waals surface area contributed by atoms with Gasteiger partial charge in [-0.2, -0.15) is 0 Å². The number of aromatic nitrogens is 1. The highest BCUT2D eigenvalue weighted by Gasteiger charge is 2.42. The molecule has 2 aliphatic rings. The average molecular weight is 605 g/mol. The molecule has 11 heteroatoms. The van der Waals surface area contributed by atoms with E-state index in [1.807, 2.05) is 49.5 Å². The fourth-order valence-corrected chi connectivity index (χ4v) is 6.32. The van der Waals surface area contributed by atoms with Crippen LogP contribution in [0.3, 0.4) is 0 Å². The van der Waals surface area contributed by atoms with Gasteiger partial charge < -0.3 is 25.2 Å². The van der Waals surface area contributed by atoms with Crippen LogP contribution in [-0.2, 0) is 14.9 Å². The molecule has 43 heavy (non-hydrogen) atoms. The molecule has 0 unspecified atom stereocenters. The minimum atomic E-state index is -1.01. The molecule has 2 aromatic heterocycles. The Hall–Kier alpha value is -3.96. The van der Waals surface area contributed by atoms with Crippen LogP contribution in [0.5, 0.6) is 0 Å². The number of hydrogen-bond donors (Lipinski definition) is 3. The Balaban J connectivity index is 1.35. The van der Waals surface area contributed by atoms with Crippen molar-refractivity contribution in [3.8, 4) is 11.1 Å². The van der Waals surface area contributed by atoms with Gasteiger partial charge in [-0.15, -0.1) is 11.3 Å². The van der Waals surface area contributed by atoms with Crippen molar-refractivity contribution >= 4 is 45.7 Å². The van der Waals surface area contributed by atoms with Crippen molar-refractivity contribution in [1.82, 2.24) is 15.2 Å². The first kappa shape index (κ1) is 30.5. The second kappa shape index (κ2) is 12.0. The minimum Gasteiger partial charge on any atom is -0.378 e. The number of morpholine rings is 1. The summed E-state index contributed by atoms with van der Waals surface area (Å²) in [4.78, 5) is 49.0. The van der Waals surface area contributed by atoms with Crippen LogP contribution >= 0.6 is 11.3 Å². The maximum absolute atomic E-state index is 13.8. The Morgan fingerprint density at radius 2 is 1.79 bits per heavy atom. The number of thiophene rings is 1. The lowest BCUT2D eigenvalue weighted by Gasteiger charge is -2.41. The van der Waals surface area contributed by atoms with Gasteiger partial charge in [-0.1, -0.05) is 26.8 Å². The number of nitrogens with zero attached hydrogens (tertiary/aromatic N) is 3. The Labute approximate surface area is 256 Å². The molecular weight excluding hydrogens is 564 g/mol. The van der Waals surface area contributed by atoms with Gasteiger partial charge in [0.15, 0.2) is 0 Å². The van der Waals surface area contributed by atoms with E-state index in [0.717, 1.165) is 40.5 Å². The first-order valence-electron chi connectivity index (χ1n) is 14.6. The maximum atomic E-state index is 13.8. The number of nitrogens with one attached hydrogen (secondary N) is 3. The number of carbonyl (C=O) groups is 3. The molecule has 1 aromatic carbocycles. The summed E-state index contributed by atoms with van der Waals surface area (Å²) in [6.45, 7) is 15.5. The SMILES string of the molecule is Cc1ccc(NC(=O)Nc2sc(C(C)(C)C)cc2C(=O)N2CCNC(=O)C2(C)C)cc1-c1ccc(N2CCOCC2)nc1. The summed E-state index contributed by atoms with van der Waals surface area (Å²) in [5, 5.41) is 9.13. The topological polar surface area (TPSA) is 116 Å². The van der Waals surface area contributed by atoms with E-state index >= 15 is 0 Å². The van der Waals surface area contributed by atoms with Crippen molar-refractivity contribution in [3.05, 3.63) is 58.6 Å². The summed E-state index contributed by atoms with van der Waals surface area (Å²) < 4.78 is 5.44. The molecule has 2 saturated heterocycles. The smallest absolute Gasteiger partial charge is 0.324 e. The zero-order valence-electron chi connectivity index (χ0n) is 25.7. The normalized spacial score (nSPS) is 16.9. The third-order valence-corrected chi connectivity index (χ3v) is 9.39. The van der Waals surface area contributed by atoms with E-state index in [-0.39, 0.29) is 17.2 Å². The molecule has 0 bridgehead atoms. The van der Waals surface area contributed by atoms with Gasteiger partial charge in [0.25, 0.3) is 5.91 Å². The van der Waals surface area contributed by atoms with Gasteiger partial charge in [-0.25, -0.2) is 9.78 Å². The van der Waals surface area contributed by atoms with E-state index in [9.17, 15) is 14.4 Å². The second-order valence-electron chi connectivity index (χ2n) is 12.5. The maximum Gasteiger partial charge on any atom is 0.324 e. The molecule has 5 rings (SSSR count). The number of piperazine rings is 1. The molecule has 0 aliphatic carbocycles. The summed E-state index contributed by atoms with van der Waals surface area (Å²) in [5.74, 6) is 0.433. The number of urea groups is 1. The molecule has 0 spiro atoms. The Kier molecular flexibility index (Phi) is 8.49. The van der Waals surface area contributed by atoms with Crippen LogP contribution in [0, 0.1) is 6.92 Å². The molecule has 4 amide bonds. The number of benzene rings is 1. The lowest BCUT2D eigenvalue weighted by atomic mass is 9.93. The first-order valence-corrected chi connectivity index (χ1v) is 15.4. The third kappa shape index (κ3) is 6.52. The lowest BCUT2D eigenvalue weighted by molar-refractivity contribution is -0.133. The third-order valence-electron chi connectivity index (χ3n) is 7.91. The Morgan fingerprint density at radius 3 is 2.47 bits per heavy atom. The average Bonchev–Trinajstić information content (AvgIpc) is 3.40. The van der Waals surface area contributed by atoms with E-state index in [0.29, 0.717) is 42.6 Å². The number of carbonyl (C=O) groups excluding carboxylic acids is 3. The quantitative estimate of drug-likeness (QED) is 0.367. The van der Waals surface area contributed by atoms with E-state index in [4.69, 9.17) is 4.74 Å². The highest BCUT2D eigenvalue weighted by Crippen LogP contribution is 2.38. The van der Waals surface area contributed by atoms with Crippen molar-refractivity contribution in [3.63, 3.8) is 0 Å². The highest BCUT2D eigenvalue weighted by molar-refractivity contribution is 7.16. The summed E-state index contributed by atoms with van der Waals surface area (Å²) in [5.41, 5.74) is 2.72. The number of aryl methyl sites for hydroxylation is 1. The van der Waals surface area contributed by atoms with Crippen LogP contribution in [0.15, 0.2) is 42.6 Å². The van der Waals surface area contributed by atoms with E-state index in [1.165, 1.54) is 11.3 Å². The summed E-state index contributed by atoms with van der Waals surface area (Å²) in [7, 11) is 0. The number of ether oxygens (including phenoxy) is 1. The van der Waals surface area contributed by atoms with Crippen LogP contribution in [0.2, 0.25) is 0 Å². The van der Waals surface area contributed by atoms with Crippen LogP contribution < -0.4 is 20.9 Å². The molecule has 2 fully saturated rings. The number of rotatable bonds is 5. The number of amides is 4. The van der Waals surface area contributed by atoms with Gasteiger partial charge in [0.05, 0.1) is 18.8 Å².